The Morgan fingerprint density at radius 1 is 0.812 bits per heavy atom. The minimum absolute atomic E-state index is 0.0484. The van der Waals surface area contributed by atoms with E-state index in [1.807, 2.05) is 0 Å². The smallest absolute Gasteiger partial charge is 0.264 e. The summed E-state index contributed by atoms with van der Waals surface area (Å²) < 4.78 is 17.3. The normalized spacial score (nSPS) is 37.7. The molecule has 11 atom stereocenters. The van der Waals surface area contributed by atoms with Gasteiger partial charge in [0.15, 0.2) is 0 Å². The molecular formula is C51H74N4O9. The van der Waals surface area contributed by atoms with E-state index in [-0.39, 0.29) is 63.6 Å². The van der Waals surface area contributed by atoms with Crippen molar-refractivity contribution in [1.82, 2.24) is 15.5 Å². The maximum atomic E-state index is 14.5. The molecule has 1 saturated heterocycles. The number of hydrogen-bond acceptors (Lipinski definition) is 10. The Morgan fingerprint density at radius 2 is 1.52 bits per heavy atom. The first kappa shape index (κ1) is 46.9. The van der Waals surface area contributed by atoms with Gasteiger partial charge in [-0.2, -0.15) is 0 Å². The van der Waals surface area contributed by atoms with Crippen LogP contribution in [0.1, 0.15) is 140 Å². The molecule has 0 spiro atoms. The number of aliphatic hydroxyl groups excluding tert-OH is 1. The number of rotatable bonds is 15. The Hall–Kier alpha value is -3.65. The number of nitrogens with zero attached hydrogens (tertiary/aromatic N) is 1. The third kappa shape index (κ3) is 7.65. The van der Waals surface area contributed by atoms with Crippen LogP contribution in [-0.2, 0) is 28.6 Å². The molecule has 8 rings (SSSR count). The summed E-state index contributed by atoms with van der Waals surface area (Å²) in [7, 11) is 0. The molecule has 4 N–H and O–H groups in total. The quantitative estimate of drug-likeness (QED) is 0.0846. The number of carbonyl (C=O) groups is 5. The minimum atomic E-state index is -1.02. The van der Waals surface area contributed by atoms with Crippen molar-refractivity contribution in [2.24, 2.45) is 56.7 Å². The van der Waals surface area contributed by atoms with Crippen LogP contribution in [0, 0.1) is 56.7 Å². The Bertz CT molecular complexity index is 2040. The monoisotopic (exact) mass is 887 g/mol. The van der Waals surface area contributed by atoms with E-state index < -0.39 is 35.1 Å². The number of nitrogens with one attached hydrogen (secondary N) is 3. The van der Waals surface area contributed by atoms with E-state index in [0.29, 0.717) is 82.1 Å². The van der Waals surface area contributed by atoms with Crippen molar-refractivity contribution >= 4 is 35.2 Å². The molecule has 0 bridgehead atoms. The van der Waals surface area contributed by atoms with Crippen LogP contribution in [0.15, 0.2) is 29.8 Å². The Kier molecular flexibility index (Phi) is 13.1. The molecule has 5 amide bonds. The van der Waals surface area contributed by atoms with Gasteiger partial charge in [0.2, 0.25) is 17.7 Å². The predicted molar refractivity (Wildman–Crippen MR) is 242 cm³/mol. The molecule has 4 saturated carbocycles. The second-order valence-corrected chi connectivity index (χ2v) is 21.9. The van der Waals surface area contributed by atoms with Gasteiger partial charge in [-0.3, -0.25) is 34.2 Å². The van der Waals surface area contributed by atoms with Crippen LogP contribution in [0.5, 0.6) is 0 Å². The fourth-order valence-corrected chi connectivity index (χ4v) is 14.7. The highest BCUT2D eigenvalue weighted by Crippen LogP contribution is 2.75. The summed E-state index contributed by atoms with van der Waals surface area (Å²) >= 11 is 0. The first-order chi connectivity index (χ1) is 30.4. The largest absolute Gasteiger partial charge is 0.393 e. The molecule has 1 aromatic rings. The van der Waals surface area contributed by atoms with Crippen molar-refractivity contribution in [3.8, 4) is 0 Å². The van der Waals surface area contributed by atoms with E-state index in [9.17, 15) is 29.1 Å². The fourth-order valence-electron chi connectivity index (χ4n) is 14.7. The fraction of sp³-hybridized carbons (Fsp3) is 0.745. The van der Waals surface area contributed by atoms with Crippen molar-refractivity contribution in [3.05, 3.63) is 41.0 Å². The van der Waals surface area contributed by atoms with Gasteiger partial charge >= 0.3 is 0 Å². The van der Waals surface area contributed by atoms with E-state index >= 15 is 0 Å². The summed E-state index contributed by atoms with van der Waals surface area (Å²) in [6.07, 6.45) is 12.0. The summed E-state index contributed by atoms with van der Waals surface area (Å²) in [4.78, 5) is 65.9. The highest BCUT2D eigenvalue weighted by atomic mass is 16.5. The number of hydrogen-bond donors (Lipinski definition) is 4. The van der Waals surface area contributed by atoms with Crippen LogP contribution in [0.25, 0.3) is 0 Å². The van der Waals surface area contributed by atoms with Gasteiger partial charge in [-0.05, 0) is 128 Å². The molecular weight excluding hydrogens is 813 g/mol. The first-order valence-corrected chi connectivity index (χ1v) is 24.4. The Labute approximate surface area is 379 Å². The SMILES string of the molecule is CC1CCC2(C(=O)NCCOCCOCCOCCNc3cccc4c3C(=O)N(C3CCC(=O)NC3=O)C4=O)CCC3(C)C(=CCC4C5(C)CCC(O)C(C)(C)C5CCC43C)C2C1C. The molecule has 5 aliphatic carbocycles. The predicted octanol–water partition coefficient (Wildman–Crippen LogP) is 6.68. The lowest BCUT2D eigenvalue weighted by Gasteiger charge is -2.71. The molecule has 11 unspecified atom stereocenters. The number of ether oxygens (including phenoxy) is 3. The van der Waals surface area contributed by atoms with E-state index in [2.05, 4.69) is 70.5 Å². The highest BCUT2D eigenvalue weighted by molar-refractivity contribution is 6.25. The van der Waals surface area contributed by atoms with Crippen LogP contribution < -0.4 is 16.0 Å². The number of benzene rings is 1. The lowest BCUT2D eigenvalue weighted by Crippen LogP contribution is -2.66. The second kappa shape index (κ2) is 17.9. The zero-order valence-corrected chi connectivity index (χ0v) is 39.4. The first-order valence-electron chi connectivity index (χ1n) is 24.4. The molecule has 64 heavy (non-hydrogen) atoms. The van der Waals surface area contributed by atoms with Gasteiger partial charge < -0.3 is 30.0 Å². The van der Waals surface area contributed by atoms with Crippen molar-refractivity contribution in [2.75, 3.05) is 58.0 Å². The lowest BCUT2D eigenvalue weighted by atomic mass is 9.33. The molecule has 2 heterocycles. The zero-order chi connectivity index (χ0) is 45.8. The minimum Gasteiger partial charge on any atom is -0.393 e. The number of anilines is 1. The number of allylic oxidation sites excluding steroid dienone is 2. The summed E-state index contributed by atoms with van der Waals surface area (Å²) in [5, 5.41) is 19.9. The molecule has 0 aromatic heterocycles. The van der Waals surface area contributed by atoms with E-state index in [4.69, 9.17) is 14.2 Å². The Balaban J connectivity index is 0.764. The van der Waals surface area contributed by atoms with Gasteiger partial charge in [-0.25, -0.2) is 0 Å². The van der Waals surface area contributed by atoms with Crippen LogP contribution in [0.2, 0.25) is 0 Å². The maximum Gasteiger partial charge on any atom is 0.264 e. The summed E-state index contributed by atoms with van der Waals surface area (Å²) in [5.74, 6) is 0.363. The van der Waals surface area contributed by atoms with Gasteiger partial charge in [-0.1, -0.05) is 66.2 Å². The van der Waals surface area contributed by atoms with Crippen molar-refractivity contribution in [2.45, 2.75) is 131 Å². The topological polar surface area (TPSA) is 173 Å². The molecule has 352 valence electrons. The van der Waals surface area contributed by atoms with Gasteiger partial charge in [0.1, 0.15) is 6.04 Å². The summed E-state index contributed by atoms with van der Waals surface area (Å²) in [6, 6.07) is 3.94. The number of fused-ring (bicyclic) bond motifs is 8. The maximum absolute atomic E-state index is 14.5. The number of carbonyl (C=O) groups excluding carboxylic acids is 5. The Morgan fingerprint density at radius 3 is 2.23 bits per heavy atom. The zero-order valence-electron chi connectivity index (χ0n) is 39.4. The van der Waals surface area contributed by atoms with Gasteiger partial charge in [-0.15, -0.1) is 0 Å². The highest BCUT2D eigenvalue weighted by Gasteiger charge is 2.69. The molecule has 0 radical (unpaired) electrons. The number of imide groups is 2. The molecule has 7 aliphatic rings. The van der Waals surface area contributed by atoms with Crippen LogP contribution >= 0.6 is 0 Å². The second-order valence-electron chi connectivity index (χ2n) is 21.9. The molecule has 1 aromatic carbocycles. The van der Waals surface area contributed by atoms with Crippen molar-refractivity contribution < 1.29 is 43.3 Å². The molecule has 13 nitrogen and oxygen atoms in total. The standard InChI is InChI=1S/C51H74N4O9/c1-31-15-20-51(22-21-49(6)34(42(51)32(31)2)11-13-38-48(5)18-17-39(56)47(3,4)37(48)16-19-50(38,49)7)46(61)53-24-26-63-28-30-64-29-27-62-25-23-52-35-10-8-9-33-41(35)45(60)55(44(33)59)36-12-14-40(57)54-43(36)58/h8-11,31-32,36-39,42,52,56H,12-30H2,1-7H3,(H,53,61)(H,54,57,58). The number of piperidine rings is 1. The van der Waals surface area contributed by atoms with E-state index in [1.54, 1.807) is 23.8 Å². The third-order valence-electron chi connectivity index (χ3n) is 18.7. The van der Waals surface area contributed by atoms with Gasteiger partial charge in [0, 0.05) is 25.2 Å². The van der Waals surface area contributed by atoms with E-state index in [0.717, 1.165) is 49.8 Å². The molecule has 2 aliphatic heterocycles. The summed E-state index contributed by atoms with van der Waals surface area (Å²) in [6.45, 7) is 20.3. The average molecular weight is 887 g/mol. The molecule has 5 fully saturated rings. The van der Waals surface area contributed by atoms with E-state index in [1.165, 1.54) is 12.8 Å². The molecule has 13 heteroatoms. The lowest BCUT2D eigenvalue weighted by molar-refractivity contribution is -0.204. The number of aliphatic hydroxyl groups is 1. The van der Waals surface area contributed by atoms with Gasteiger partial charge in [0.25, 0.3) is 11.8 Å². The van der Waals surface area contributed by atoms with Crippen molar-refractivity contribution in [1.29, 1.82) is 0 Å². The van der Waals surface area contributed by atoms with Crippen LogP contribution in [0.3, 0.4) is 0 Å². The van der Waals surface area contributed by atoms with Crippen LogP contribution in [0.4, 0.5) is 5.69 Å². The van der Waals surface area contributed by atoms with Crippen LogP contribution in [-0.4, -0.2) is 104 Å². The third-order valence-corrected chi connectivity index (χ3v) is 18.7. The number of amides is 5. The average Bonchev–Trinajstić information content (AvgIpc) is 3.51. The summed E-state index contributed by atoms with van der Waals surface area (Å²) in [5.41, 5.74) is 2.43. The van der Waals surface area contributed by atoms with Gasteiger partial charge in [0.05, 0.1) is 62.3 Å². The van der Waals surface area contributed by atoms with Crippen molar-refractivity contribution in [3.63, 3.8) is 0 Å².